The molecule has 5 heteroatoms. The molecule has 0 bridgehead atoms. The van der Waals surface area contributed by atoms with Crippen LogP contribution in [0.15, 0.2) is 50.1 Å². The van der Waals surface area contributed by atoms with Crippen molar-refractivity contribution >= 4 is 38.5 Å². The van der Waals surface area contributed by atoms with Gasteiger partial charge < -0.3 is 14.2 Å². The second kappa shape index (κ2) is 6.26. The summed E-state index contributed by atoms with van der Waals surface area (Å²) in [6, 6.07) is 9.54. The fourth-order valence-electron chi connectivity index (χ4n) is 2.34. The third-order valence-corrected chi connectivity index (χ3v) is 4.22. The first-order valence-electron chi connectivity index (χ1n) is 6.84. The lowest BCUT2D eigenvalue weighted by Crippen LogP contribution is -2.22. The van der Waals surface area contributed by atoms with Crippen molar-refractivity contribution < 1.29 is 8.83 Å². The van der Waals surface area contributed by atoms with Crippen molar-refractivity contribution in [2.45, 2.75) is 19.4 Å². The Balaban J connectivity index is 2.03. The van der Waals surface area contributed by atoms with Crippen molar-refractivity contribution in [3.63, 3.8) is 0 Å². The van der Waals surface area contributed by atoms with E-state index in [4.69, 9.17) is 20.4 Å². The van der Waals surface area contributed by atoms with Crippen LogP contribution < -0.4 is 5.32 Å². The Morgan fingerprint density at radius 1 is 1.29 bits per heavy atom. The van der Waals surface area contributed by atoms with Gasteiger partial charge in [-0.25, -0.2) is 0 Å². The summed E-state index contributed by atoms with van der Waals surface area (Å²) in [5.41, 5.74) is 1.85. The maximum atomic E-state index is 6.04. The molecule has 0 aliphatic rings. The van der Waals surface area contributed by atoms with E-state index in [9.17, 15) is 0 Å². The van der Waals surface area contributed by atoms with Gasteiger partial charge in [0.25, 0.3) is 0 Å². The van der Waals surface area contributed by atoms with Crippen molar-refractivity contribution in [2.24, 2.45) is 0 Å². The van der Waals surface area contributed by atoms with Gasteiger partial charge in [0.2, 0.25) is 0 Å². The summed E-state index contributed by atoms with van der Waals surface area (Å²) in [4.78, 5) is 0. The molecule has 0 saturated heterocycles. The minimum Gasteiger partial charge on any atom is -0.459 e. The molecule has 0 saturated carbocycles. The van der Waals surface area contributed by atoms with Crippen molar-refractivity contribution in [3.05, 3.63) is 57.6 Å². The molecule has 2 heterocycles. The van der Waals surface area contributed by atoms with E-state index >= 15 is 0 Å². The lowest BCUT2D eigenvalue weighted by atomic mass is 10.1. The van der Waals surface area contributed by atoms with E-state index in [1.807, 2.05) is 30.3 Å². The molecule has 110 valence electrons. The Labute approximate surface area is 136 Å². The molecular formula is C16H15BrClNO2. The SMILES string of the molecule is CCCNC(c1cc2cc(Cl)ccc2o1)c1ccoc1Br. The quantitative estimate of drug-likeness (QED) is 0.643. The lowest BCUT2D eigenvalue weighted by molar-refractivity contribution is 0.460. The van der Waals surface area contributed by atoms with E-state index in [0.717, 1.165) is 39.9 Å². The molecule has 21 heavy (non-hydrogen) atoms. The average molecular weight is 369 g/mol. The Morgan fingerprint density at radius 3 is 2.86 bits per heavy atom. The molecule has 0 fully saturated rings. The Bertz CT molecular complexity index is 750. The molecule has 0 aliphatic carbocycles. The fraction of sp³-hybridized carbons (Fsp3) is 0.250. The average Bonchev–Trinajstić information content (AvgIpc) is 3.06. The highest BCUT2D eigenvalue weighted by atomic mass is 79.9. The van der Waals surface area contributed by atoms with Crippen LogP contribution in [0.5, 0.6) is 0 Å². The van der Waals surface area contributed by atoms with Crippen LogP contribution in [-0.4, -0.2) is 6.54 Å². The molecule has 3 aromatic rings. The van der Waals surface area contributed by atoms with E-state index in [0.29, 0.717) is 5.02 Å². The zero-order valence-electron chi connectivity index (χ0n) is 11.5. The summed E-state index contributed by atoms with van der Waals surface area (Å²) in [7, 11) is 0. The molecule has 3 rings (SSSR count). The van der Waals surface area contributed by atoms with Crippen molar-refractivity contribution in [1.82, 2.24) is 5.32 Å². The number of hydrogen-bond acceptors (Lipinski definition) is 3. The monoisotopic (exact) mass is 367 g/mol. The van der Waals surface area contributed by atoms with Gasteiger partial charge in [0.05, 0.1) is 12.3 Å². The largest absolute Gasteiger partial charge is 0.459 e. The number of benzene rings is 1. The van der Waals surface area contributed by atoms with Gasteiger partial charge in [-0.05, 0) is 59.2 Å². The third kappa shape index (κ3) is 3.03. The molecule has 2 aromatic heterocycles. The van der Waals surface area contributed by atoms with Crippen molar-refractivity contribution in [3.8, 4) is 0 Å². The van der Waals surface area contributed by atoms with Gasteiger partial charge in [-0.3, -0.25) is 0 Å². The van der Waals surface area contributed by atoms with Gasteiger partial charge in [0.15, 0.2) is 4.67 Å². The maximum Gasteiger partial charge on any atom is 0.174 e. The summed E-state index contributed by atoms with van der Waals surface area (Å²) in [6.45, 7) is 3.02. The number of halogens is 2. The minimum absolute atomic E-state index is 0.0516. The van der Waals surface area contributed by atoms with Crippen LogP contribution in [0.3, 0.4) is 0 Å². The molecule has 1 atom stereocenters. The molecule has 1 N–H and O–H groups in total. The molecule has 1 aromatic carbocycles. The predicted octanol–water partition coefficient (Wildman–Crippen LogP) is 5.53. The summed E-state index contributed by atoms with van der Waals surface area (Å²) in [6.07, 6.45) is 2.71. The van der Waals surface area contributed by atoms with Crippen molar-refractivity contribution in [1.29, 1.82) is 0 Å². The Morgan fingerprint density at radius 2 is 2.14 bits per heavy atom. The zero-order chi connectivity index (χ0) is 14.8. The smallest absolute Gasteiger partial charge is 0.174 e. The van der Waals surface area contributed by atoms with Gasteiger partial charge >= 0.3 is 0 Å². The van der Waals surface area contributed by atoms with Crippen LogP contribution in [0.4, 0.5) is 0 Å². The first-order valence-corrected chi connectivity index (χ1v) is 8.01. The van der Waals surface area contributed by atoms with Crippen LogP contribution >= 0.6 is 27.5 Å². The van der Waals surface area contributed by atoms with Crippen LogP contribution in [0.2, 0.25) is 5.02 Å². The Kier molecular flexibility index (Phi) is 4.38. The van der Waals surface area contributed by atoms with Gasteiger partial charge in [-0.15, -0.1) is 0 Å². The van der Waals surface area contributed by atoms with Gasteiger partial charge in [0, 0.05) is 16.0 Å². The molecular weight excluding hydrogens is 354 g/mol. The second-order valence-corrected chi connectivity index (χ2v) is 6.02. The van der Waals surface area contributed by atoms with Gasteiger partial charge in [-0.2, -0.15) is 0 Å². The number of furan rings is 2. The number of hydrogen-bond donors (Lipinski definition) is 1. The maximum absolute atomic E-state index is 6.04. The Hall–Kier alpha value is -1.23. The lowest BCUT2D eigenvalue weighted by Gasteiger charge is -2.15. The zero-order valence-corrected chi connectivity index (χ0v) is 13.9. The molecule has 3 nitrogen and oxygen atoms in total. The summed E-state index contributed by atoms with van der Waals surface area (Å²) < 4.78 is 12.0. The van der Waals surface area contributed by atoms with Crippen LogP contribution in [0.1, 0.15) is 30.7 Å². The van der Waals surface area contributed by atoms with E-state index < -0.39 is 0 Å². The summed E-state index contributed by atoms with van der Waals surface area (Å²) in [5.74, 6) is 0.850. The number of fused-ring (bicyclic) bond motifs is 1. The highest BCUT2D eigenvalue weighted by molar-refractivity contribution is 9.10. The van der Waals surface area contributed by atoms with Gasteiger partial charge in [0.1, 0.15) is 11.3 Å². The highest BCUT2D eigenvalue weighted by Crippen LogP contribution is 2.33. The number of rotatable bonds is 5. The molecule has 1 unspecified atom stereocenters. The van der Waals surface area contributed by atoms with E-state index in [2.05, 4.69) is 28.2 Å². The minimum atomic E-state index is -0.0516. The van der Waals surface area contributed by atoms with E-state index in [1.165, 1.54) is 0 Å². The predicted molar refractivity (Wildman–Crippen MR) is 87.8 cm³/mol. The standard InChI is InChI=1S/C16H15BrClNO2/c1-2-6-19-15(12-5-7-20-16(12)17)14-9-10-8-11(18)3-4-13(10)21-14/h3-5,7-9,15,19H,2,6H2,1H3. The van der Waals surface area contributed by atoms with Crippen LogP contribution in [0.25, 0.3) is 11.0 Å². The highest BCUT2D eigenvalue weighted by Gasteiger charge is 2.22. The normalized spacial score (nSPS) is 12.9. The van der Waals surface area contributed by atoms with Crippen LogP contribution in [-0.2, 0) is 0 Å². The molecule has 0 amide bonds. The fourth-order valence-corrected chi connectivity index (χ4v) is 2.99. The topological polar surface area (TPSA) is 38.3 Å². The molecule has 0 radical (unpaired) electrons. The summed E-state index contributed by atoms with van der Waals surface area (Å²) in [5, 5.41) is 5.19. The first-order chi connectivity index (χ1) is 10.2. The molecule has 0 aliphatic heterocycles. The number of nitrogens with one attached hydrogen (secondary N) is 1. The van der Waals surface area contributed by atoms with Gasteiger partial charge in [-0.1, -0.05) is 18.5 Å². The van der Waals surface area contributed by atoms with E-state index in [-0.39, 0.29) is 6.04 Å². The first kappa shape index (κ1) is 14.7. The van der Waals surface area contributed by atoms with Crippen LogP contribution in [0, 0.1) is 0 Å². The molecule has 0 spiro atoms. The third-order valence-electron chi connectivity index (χ3n) is 3.34. The van der Waals surface area contributed by atoms with Crippen molar-refractivity contribution in [2.75, 3.05) is 6.54 Å². The van der Waals surface area contributed by atoms with E-state index in [1.54, 1.807) is 6.26 Å². The second-order valence-electron chi connectivity index (χ2n) is 4.87. The summed E-state index contributed by atoms with van der Waals surface area (Å²) >= 11 is 9.48.